The Balaban J connectivity index is 2.33. The summed E-state index contributed by atoms with van der Waals surface area (Å²) in [6.07, 6.45) is 0. The van der Waals surface area contributed by atoms with Crippen molar-refractivity contribution in [2.24, 2.45) is 0 Å². The summed E-state index contributed by atoms with van der Waals surface area (Å²) in [7, 11) is -7.17. The maximum absolute atomic E-state index is 6.43. The minimum atomic E-state index is -2.41. The van der Waals surface area contributed by atoms with Crippen molar-refractivity contribution in [1.29, 1.82) is 0 Å². The molecule has 0 aromatic heterocycles. The summed E-state index contributed by atoms with van der Waals surface area (Å²) >= 11 is 0. The van der Waals surface area contributed by atoms with Crippen LogP contribution in [0.1, 0.15) is 5.56 Å². The summed E-state index contributed by atoms with van der Waals surface area (Å²) in [4.78, 5) is 0. The van der Waals surface area contributed by atoms with Crippen LogP contribution in [0.2, 0.25) is 26.2 Å². The van der Waals surface area contributed by atoms with E-state index < -0.39 is 36.4 Å². The summed E-state index contributed by atoms with van der Waals surface area (Å²) in [6.45, 7) is 10.4. The summed E-state index contributed by atoms with van der Waals surface area (Å²) in [6, 6.07) is 8.31. The van der Waals surface area contributed by atoms with Gasteiger partial charge in [0.25, 0.3) is 19.3 Å². The Kier molecular flexibility index (Phi) is 4.62. The van der Waals surface area contributed by atoms with E-state index in [0.717, 1.165) is 0 Å². The molecule has 1 aliphatic heterocycles. The van der Waals surface area contributed by atoms with E-state index in [0.29, 0.717) is 0 Å². The molecule has 2 atom stereocenters. The molecule has 1 aliphatic rings. The predicted octanol–water partition coefficient (Wildman–Crippen LogP) is 0.905. The van der Waals surface area contributed by atoms with E-state index in [2.05, 4.69) is 38.7 Å². The summed E-state index contributed by atoms with van der Waals surface area (Å²) in [5.41, 5.74) is 1.22. The number of benzene rings is 1. The molecule has 1 aromatic carbocycles. The SMILES string of the molecule is Cc1ccccc1[Si]1(C)O[SiH2]O[SiH](C)O[Si](C)(C)O1. The molecule has 1 heterocycles. The minimum Gasteiger partial charge on any atom is -0.423 e. The minimum absolute atomic E-state index is 1.01. The number of rotatable bonds is 1. The number of hydrogen-bond acceptors (Lipinski definition) is 4. The monoisotopic (exact) mass is 330 g/mol. The van der Waals surface area contributed by atoms with Crippen molar-refractivity contribution < 1.29 is 16.5 Å². The molecule has 0 bridgehead atoms. The molecule has 1 fully saturated rings. The second-order valence-corrected chi connectivity index (χ2v) is 16.2. The van der Waals surface area contributed by atoms with Gasteiger partial charge in [0.05, 0.1) is 0 Å². The van der Waals surface area contributed by atoms with Crippen LogP contribution in [-0.2, 0) is 16.5 Å². The van der Waals surface area contributed by atoms with E-state index in [9.17, 15) is 0 Å². The second-order valence-electron chi connectivity index (χ2n) is 5.38. The lowest BCUT2D eigenvalue weighted by atomic mass is 10.2. The van der Waals surface area contributed by atoms with Crippen LogP contribution in [-0.4, -0.2) is 36.4 Å². The lowest BCUT2D eigenvalue weighted by Crippen LogP contribution is -2.62. The van der Waals surface area contributed by atoms with Crippen LogP contribution < -0.4 is 5.19 Å². The number of aryl methyl sites for hydroxylation is 1. The molecule has 2 rings (SSSR count). The van der Waals surface area contributed by atoms with Gasteiger partial charge in [-0.2, -0.15) is 0 Å². The highest BCUT2D eigenvalue weighted by Crippen LogP contribution is 2.21. The van der Waals surface area contributed by atoms with Crippen molar-refractivity contribution >= 4 is 41.6 Å². The molecule has 0 amide bonds. The van der Waals surface area contributed by atoms with Crippen LogP contribution in [0.4, 0.5) is 0 Å². The third-order valence-corrected chi connectivity index (χ3v) is 16.9. The molecular weight excluding hydrogens is 308 g/mol. The van der Waals surface area contributed by atoms with Crippen molar-refractivity contribution in [3.8, 4) is 0 Å². The molecule has 2 unspecified atom stereocenters. The average molecular weight is 331 g/mol. The van der Waals surface area contributed by atoms with E-state index >= 15 is 0 Å². The van der Waals surface area contributed by atoms with Crippen LogP contribution in [0.3, 0.4) is 0 Å². The molecule has 0 aliphatic carbocycles. The average Bonchev–Trinajstić information content (AvgIpc) is 2.26. The highest BCUT2D eigenvalue weighted by Gasteiger charge is 2.44. The molecule has 0 saturated carbocycles. The third kappa shape index (κ3) is 3.73. The van der Waals surface area contributed by atoms with E-state index in [1.165, 1.54) is 10.8 Å². The Bertz CT molecular complexity index is 456. The molecule has 1 saturated heterocycles. The van der Waals surface area contributed by atoms with Gasteiger partial charge in [-0.3, -0.25) is 0 Å². The van der Waals surface area contributed by atoms with Gasteiger partial charge in [-0.15, -0.1) is 0 Å². The fourth-order valence-electron chi connectivity index (χ4n) is 2.41. The van der Waals surface area contributed by atoms with Gasteiger partial charge in [-0.05, 0) is 43.9 Å². The maximum Gasteiger partial charge on any atom is 0.351 e. The molecular formula is C11H22O4Si4. The zero-order valence-corrected chi connectivity index (χ0v) is 16.8. The zero-order valence-electron chi connectivity index (χ0n) is 12.2. The first-order chi connectivity index (χ1) is 8.82. The van der Waals surface area contributed by atoms with Gasteiger partial charge >= 0.3 is 17.1 Å². The van der Waals surface area contributed by atoms with Crippen LogP contribution in [0.5, 0.6) is 0 Å². The van der Waals surface area contributed by atoms with E-state index in [4.69, 9.17) is 16.5 Å². The van der Waals surface area contributed by atoms with Gasteiger partial charge < -0.3 is 16.5 Å². The smallest absolute Gasteiger partial charge is 0.351 e. The Labute approximate surface area is 121 Å². The normalized spacial score (nSPS) is 32.8. The lowest BCUT2D eigenvalue weighted by Gasteiger charge is -2.39. The van der Waals surface area contributed by atoms with Gasteiger partial charge in [0.15, 0.2) is 0 Å². The highest BCUT2D eigenvalue weighted by atomic mass is 28.5. The molecule has 8 heteroatoms. The molecule has 106 valence electrons. The van der Waals surface area contributed by atoms with Gasteiger partial charge in [0, 0.05) is 0 Å². The third-order valence-electron chi connectivity index (χ3n) is 3.16. The summed E-state index contributed by atoms with van der Waals surface area (Å²) < 4.78 is 24.4. The molecule has 1 aromatic rings. The quantitative estimate of drug-likeness (QED) is 0.717. The van der Waals surface area contributed by atoms with Crippen molar-refractivity contribution in [3.63, 3.8) is 0 Å². The standard InChI is InChI=1S/C11H22O4Si4/c1-10-8-6-7-9-11(10)19(5)13-16-12-17(2)14-18(3,4)15-19/h6-9,17H,16H2,1-5H3. The van der Waals surface area contributed by atoms with E-state index in [1.54, 1.807) is 0 Å². The largest absolute Gasteiger partial charge is 0.423 e. The van der Waals surface area contributed by atoms with Crippen molar-refractivity contribution in [2.45, 2.75) is 33.1 Å². The van der Waals surface area contributed by atoms with Crippen LogP contribution in [0, 0.1) is 6.92 Å². The van der Waals surface area contributed by atoms with Crippen LogP contribution >= 0.6 is 0 Å². The molecule has 19 heavy (non-hydrogen) atoms. The molecule has 4 nitrogen and oxygen atoms in total. The van der Waals surface area contributed by atoms with E-state index in [-0.39, 0.29) is 0 Å². The fraction of sp³-hybridized carbons (Fsp3) is 0.455. The van der Waals surface area contributed by atoms with Gasteiger partial charge in [0.2, 0.25) is 0 Å². The second kappa shape index (κ2) is 5.74. The predicted molar refractivity (Wildman–Crippen MR) is 85.8 cm³/mol. The Morgan fingerprint density at radius 1 is 1.16 bits per heavy atom. The molecule has 0 radical (unpaired) electrons. The van der Waals surface area contributed by atoms with Gasteiger partial charge in [-0.25, -0.2) is 0 Å². The topological polar surface area (TPSA) is 36.9 Å². The highest BCUT2D eigenvalue weighted by molar-refractivity contribution is 6.91. The first-order valence-corrected chi connectivity index (χ1v) is 14.9. The first kappa shape index (κ1) is 15.3. The molecule has 0 spiro atoms. The summed E-state index contributed by atoms with van der Waals surface area (Å²) in [5, 5.41) is 1.20. The first-order valence-electron chi connectivity index (χ1n) is 6.52. The summed E-state index contributed by atoms with van der Waals surface area (Å²) in [5.74, 6) is 0. The maximum atomic E-state index is 6.43. The van der Waals surface area contributed by atoms with Crippen molar-refractivity contribution in [1.82, 2.24) is 0 Å². The van der Waals surface area contributed by atoms with Crippen LogP contribution in [0.15, 0.2) is 24.3 Å². The molecule has 0 N–H and O–H groups in total. The van der Waals surface area contributed by atoms with Crippen molar-refractivity contribution in [3.05, 3.63) is 29.8 Å². The zero-order chi connectivity index (χ0) is 14.1. The van der Waals surface area contributed by atoms with Gasteiger partial charge in [0.1, 0.15) is 0 Å². The van der Waals surface area contributed by atoms with Gasteiger partial charge in [-0.1, -0.05) is 24.3 Å². The fourth-order valence-corrected chi connectivity index (χ4v) is 16.5. The van der Waals surface area contributed by atoms with E-state index in [1.807, 2.05) is 18.7 Å². The Hall–Kier alpha value is -0.0725. The Morgan fingerprint density at radius 2 is 1.84 bits per heavy atom. The lowest BCUT2D eigenvalue weighted by molar-refractivity contribution is 0.279. The number of hydrogen-bond donors (Lipinski definition) is 0. The Morgan fingerprint density at radius 3 is 2.53 bits per heavy atom. The van der Waals surface area contributed by atoms with Crippen molar-refractivity contribution in [2.75, 3.05) is 0 Å². The van der Waals surface area contributed by atoms with Crippen LogP contribution in [0.25, 0.3) is 0 Å².